The fraction of sp³-hybridized carbons (Fsp3) is 0.143. The molecule has 0 atom stereocenters. The summed E-state index contributed by atoms with van der Waals surface area (Å²) < 4.78 is 0. The first kappa shape index (κ1) is 12.5. The van der Waals surface area contributed by atoms with Crippen molar-refractivity contribution in [3.05, 3.63) is 24.2 Å². The predicted molar refractivity (Wildman–Crippen MR) is 45.6 cm³/mol. The first-order chi connectivity index (χ1) is 5.27. The molecule has 0 fully saturated rings. The third kappa shape index (κ3) is 2.24. The first-order valence-corrected chi connectivity index (χ1v) is 3.27. The van der Waals surface area contributed by atoms with E-state index in [1.807, 2.05) is 6.92 Å². The van der Waals surface area contributed by atoms with Gasteiger partial charge in [-0.1, -0.05) is 0 Å². The molecule has 0 aliphatic heterocycles. The van der Waals surface area contributed by atoms with Crippen molar-refractivity contribution < 1.29 is 37.8 Å². The molecule has 67 valence electrons. The first-order valence-electron chi connectivity index (χ1n) is 3.27. The number of aryl methyl sites for hydroxylation is 1. The van der Waals surface area contributed by atoms with Gasteiger partial charge in [0, 0.05) is 45.0 Å². The Balaban J connectivity index is 0.000000720. The van der Waals surface area contributed by atoms with E-state index < -0.39 is 0 Å². The average molecular weight is 254 g/mol. The van der Waals surface area contributed by atoms with Gasteiger partial charge in [-0.3, -0.25) is 0 Å². The van der Waals surface area contributed by atoms with Gasteiger partial charge < -0.3 is 16.2 Å². The van der Waals surface area contributed by atoms with Crippen LogP contribution >= 0.6 is 0 Å². The fourth-order valence-electron chi connectivity index (χ4n) is 1.01. The molecule has 13 heavy (non-hydrogen) atoms. The van der Waals surface area contributed by atoms with Crippen LogP contribution in [0.2, 0.25) is 0 Å². The maximum atomic E-state index is 9.27. The standard InChI is InChI=1S/C7H7N3O.H2N.Y/c1-4-9-6-5(11)2-3-8-7(6)10-4;;/h2-3H,1H3,(H2,8,9,10,11);1H2;/q;-1;. The Morgan fingerprint density at radius 3 is 2.77 bits per heavy atom. The number of hydrogen-bond donors (Lipinski definition) is 2. The Morgan fingerprint density at radius 1 is 1.46 bits per heavy atom. The van der Waals surface area contributed by atoms with E-state index >= 15 is 0 Å². The summed E-state index contributed by atoms with van der Waals surface area (Å²) in [6.45, 7) is 1.82. The normalized spacial score (nSPS) is 9.00. The minimum atomic E-state index is 0. The van der Waals surface area contributed by atoms with E-state index in [2.05, 4.69) is 15.0 Å². The van der Waals surface area contributed by atoms with Crippen molar-refractivity contribution in [2.75, 3.05) is 0 Å². The van der Waals surface area contributed by atoms with Gasteiger partial charge in [0.15, 0.2) is 5.65 Å². The molecule has 0 aliphatic carbocycles. The second kappa shape index (κ2) is 4.65. The molecule has 0 aromatic carbocycles. The molecular formula is C7H9N4OY-. The Morgan fingerprint density at radius 2 is 2.15 bits per heavy atom. The molecule has 2 heterocycles. The number of pyridine rings is 1. The summed E-state index contributed by atoms with van der Waals surface area (Å²) in [7, 11) is 0. The Bertz CT molecular complexity index is 400. The summed E-state index contributed by atoms with van der Waals surface area (Å²) in [6.07, 6.45) is 1.53. The van der Waals surface area contributed by atoms with Crippen molar-refractivity contribution in [3.63, 3.8) is 0 Å². The molecule has 4 N–H and O–H groups in total. The second-order valence-electron chi connectivity index (χ2n) is 2.35. The largest absolute Gasteiger partial charge is 0.693 e. The summed E-state index contributed by atoms with van der Waals surface area (Å²) in [6, 6.07) is 1.53. The summed E-state index contributed by atoms with van der Waals surface area (Å²) in [5.74, 6) is 0.949. The molecule has 0 bridgehead atoms. The molecule has 0 unspecified atom stereocenters. The van der Waals surface area contributed by atoms with Crippen molar-refractivity contribution in [2.24, 2.45) is 0 Å². The topological polar surface area (TPSA) is 95.3 Å². The van der Waals surface area contributed by atoms with Crippen LogP contribution in [0, 0.1) is 6.92 Å². The summed E-state index contributed by atoms with van der Waals surface area (Å²) >= 11 is 0. The van der Waals surface area contributed by atoms with Gasteiger partial charge in [-0.2, -0.15) is 0 Å². The van der Waals surface area contributed by atoms with Crippen LogP contribution in [0.25, 0.3) is 17.3 Å². The molecule has 2 aromatic rings. The number of nitrogens with zero attached hydrogens (tertiary/aromatic N) is 2. The van der Waals surface area contributed by atoms with Gasteiger partial charge in [0.2, 0.25) is 0 Å². The van der Waals surface area contributed by atoms with Gasteiger partial charge in [0.25, 0.3) is 0 Å². The maximum absolute atomic E-state index is 9.27. The third-order valence-electron chi connectivity index (χ3n) is 1.49. The summed E-state index contributed by atoms with van der Waals surface area (Å²) in [5.41, 5.74) is 1.16. The number of H-pyrrole nitrogens is 1. The smallest absolute Gasteiger partial charge is 0.181 e. The minimum absolute atomic E-state index is 0. The van der Waals surface area contributed by atoms with E-state index in [4.69, 9.17) is 0 Å². The molecule has 6 heteroatoms. The van der Waals surface area contributed by atoms with E-state index in [1.54, 1.807) is 0 Å². The van der Waals surface area contributed by atoms with Crippen molar-refractivity contribution >= 4 is 11.2 Å². The Labute approximate surface area is 100 Å². The zero-order chi connectivity index (χ0) is 7.84. The van der Waals surface area contributed by atoms with E-state index in [-0.39, 0.29) is 44.6 Å². The van der Waals surface area contributed by atoms with Gasteiger partial charge in [0.1, 0.15) is 17.1 Å². The van der Waals surface area contributed by atoms with Gasteiger partial charge in [0.05, 0.1) is 0 Å². The van der Waals surface area contributed by atoms with Crippen LogP contribution < -0.4 is 0 Å². The number of aromatic amines is 1. The number of aromatic hydroxyl groups is 1. The number of nitrogens with one attached hydrogen (secondary N) is 1. The fourth-order valence-corrected chi connectivity index (χ4v) is 1.01. The zero-order valence-corrected chi connectivity index (χ0v) is 9.99. The molecule has 0 spiro atoms. The van der Waals surface area contributed by atoms with Gasteiger partial charge in [-0.05, 0) is 6.92 Å². The molecule has 0 saturated heterocycles. The van der Waals surface area contributed by atoms with Gasteiger partial charge in [-0.15, -0.1) is 0 Å². The number of imidazole rings is 1. The Hall–Kier alpha value is -0.516. The van der Waals surface area contributed by atoms with Crippen LogP contribution in [0.3, 0.4) is 0 Å². The van der Waals surface area contributed by atoms with Gasteiger partial charge in [-0.25, -0.2) is 9.97 Å². The van der Waals surface area contributed by atoms with Gasteiger partial charge >= 0.3 is 0 Å². The summed E-state index contributed by atoms with van der Waals surface area (Å²) in [5, 5.41) is 9.27. The molecule has 5 nitrogen and oxygen atoms in total. The predicted octanol–water partition coefficient (Wildman–Crippen LogP) is 1.69. The zero-order valence-electron chi connectivity index (χ0n) is 7.15. The van der Waals surface area contributed by atoms with Crippen LogP contribution in [0.15, 0.2) is 12.3 Å². The molecule has 0 aliphatic rings. The maximum Gasteiger partial charge on any atom is 0.181 e. The van der Waals surface area contributed by atoms with Crippen LogP contribution in [-0.2, 0) is 32.7 Å². The van der Waals surface area contributed by atoms with E-state index in [1.165, 1.54) is 12.3 Å². The van der Waals surface area contributed by atoms with Crippen LogP contribution in [-0.4, -0.2) is 20.1 Å². The SMILES string of the molecule is Cc1nc2nccc(O)c2[nH]1.[NH2-].[Y]. The molecule has 0 saturated carbocycles. The number of nitrogens with two attached hydrogens (primary N) is 1. The molecule has 2 rings (SSSR count). The number of aromatic nitrogens is 3. The molecule has 0 amide bonds. The summed E-state index contributed by atoms with van der Waals surface area (Å²) in [4.78, 5) is 10.9. The second-order valence-corrected chi connectivity index (χ2v) is 2.35. The number of rotatable bonds is 0. The average Bonchev–Trinajstić information content (AvgIpc) is 2.31. The van der Waals surface area contributed by atoms with E-state index in [9.17, 15) is 5.11 Å². The Kier molecular flexibility index (Phi) is 4.46. The third-order valence-corrected chi connectivity index (χ3v) is 1.49. The van der Waals surface area contributed by atoms with Crippen molar-refractivity contribution in [1.29, 1.82) is 0 Å². The van der Waals surface area contributed by atoms with Crippen LogP contribution in [0.5, 0.6) is 5.75 Å². The number of fused-ring (bicyclic) bond motifs is 1. The van der Waals surface area contributed by atoms with Crippen molar-refractivity contribution in [3.8, 4) is 5.75 Å². The van der Waals surface area contributed by atoms with E-state index in [0.29, 0.717) is 11.2 Å². The van der Waals surface area contributed by atoms with Crippen LogP contribution in [0.4, 0.5) is 0 Å². The monoisotopic (exact) mass is 254 g/mol. The molecule has 1 radical (unpaired) electrons. The quantitative estimate of drug-likeness (QED) is 0.748. The molecule has 2 aromatic heterocycles. The number of hydrogen-bond acceptors (Lipinski definition) is 3. The minimum Gasteiger partial charge on any atom is -0.693 e. The van der Waals surface area contributed by atoms with Crippen molar-refractivity contribution in [1.82, 2.24) is 15.0 Å². The van der Waals surface area contributed by atoms with Crippen LogP contribution in [0.1, 0.15) is 5.82 Å². The van der Waals surface area contributed by atoms with E-state index in [0.717, 1.165) is 5.82 Å². The molecular weight excluding hydrogens is 245 g/mol. The van der Waals surface area contributed by atoms with Crippen molar-refractivity contribution in [2.45, 2.75) is 6.92 Å².